The molecule has 1 amide bonds. The van der Waals surface area contributed by atoms with Gasteiger partial charge in [0.2, 0.25) is 0 Å². The molecule has 0 fully saturated rings. The van der Waals surface area contributed by atoms with E-state index in [1.807, 2.05) is 0 Å². The monoisotopic (exact) mass is 286 g/mol. The van der Waals surface area contributed by atoms with Crippen molar-refractivity contribution in [2.75, 3.05) is 5.32 Å². The van der Waals surface area contributed by atoms with Crippen LogP contribution < -0.4 is 5.32 Å². The molecular formula is C15H11FN2O3. The van der Waals surface area contributed by atoms with Crippen molar-refractivity contribution in [1.29, 1.82) is 0 Å². The van der Waals surface area contributed by atoms with Gasteiger partial charge in [0, 0.05) is 12.3 Å². The average Bonchev–Trinajstić information content (AvgIpc) is 2.46. The number of benzene rings is 1. The van der Waals surface area contributed by atoms with E-state index < -0.39 is 17.7 Å². The number of pyridine rings is 1. The van der Waals surface area contributed by atoms with Gasteiger partial charge < -0.3 is 10.4 Å². The smallest absolute Gasteiger partial charge is 0.328 e. The average molecular weight is 286 g/mol. The maximum atomic E-state index is 13.9. The summed E-state index contributed by atoms with van der Waals surface area (Å²) in [6.45, 7) is 0. The van der Waals surface area contributed by atoms with Crippen molar-refractivity contribution in [1.82, 2.24) is 4.98 Å². The second-order valence-electron chi connectivity index (χ2n) is 4.11. The fourth-order valence-corrected chi connectivity index (χ4v) is 1.62. The Bertz CT molecular complexity index is 699. The molecule has 6 heteroatoms. The highest BCUT2D eigenvalue weighted by molar-refractivity contribution is 6.04. The highest BCUT2D eigenvalue weighted by Gasteiger charge is 2.12. The molecule has 1 aromatic heterocycles. The highest BCUT2D eigenvalue weighted by Crippen LogP contribution is 2.14. The summed E-state index contributed by atoms with van der Waals surface area (Å²) in [5, 5.41) is 11.0. The van der Waals surface area contributed by atoms with Gasteiger partial charge in [-0.2, -0.15) is 0 Å². The summed E-state index contributed by atoms with van der Waals surface area (Å²) in [7, 11) is 0. The number of nitrogens with zero attached hydrogens (tertiary/aromatic N) is 1. The molecule has 106 valence electrons. The van der Waals surface area contributed by atoms with E-state index in [4.69, 9.17) is 5.11 Å². The van der Waals surface area contributed by atoms with Crippen LogP contribution in [0.4, 0.5) is 10.1 Å². The molecule has 0 radical (unpaired) electrons. The number of carbonyl (C=O) groups is 2. The van der Waals surface area contributed by atoms with Gasteiger partial charge in [-0.15, -0.1) is 0 Å². The Morgan fingerprint density at radius 2 is 2.10 bits per heavy atom. The molecule has 21 heavy (non-hydrogen) atoms. The van der Waals surface area contributed by atoms with Crippen LogP contribution in [0.25, 0.3) is 6.08 Å². The Balaban J connectivity index is 2.17. The lowest BCUT2D eigenvalue weighted by molar-refractivity contribution is -0.131. The predicted molar refractivity (Wildman–Crippen MR) is 75.3 cm³/mol. The van der Waals surface area contributed by atoms with Crippen LogP contribution in [0.3, 0.4) is 0 Å². The second kappa shape index (κ2) is 6.42. The molecular weight excluding hydrogens is 275 g/mol. The van der Waals surface area contributed by atoms with E-state index in [-0.39, 0.29) is 5.56 Å². The van der Waals surface area contributed by atoms with E-state index in [9.17, 15) is 14.0 Å². The molecule has 2 aromatic rings. The van der Waals surface area contributed by atoms with Crippen molar-refractivity contribution in [3.63, 3.8) is 0 Å². The summed E-state index contributed by atoms with van der Waals surface area (Å²) in [5.41, 5.74) is 0.677. The Morgan fingerprint density at radius 3 is 2.71 bits per heavy atom. The Kier molecular flexibility index (Phi) is 4.40. The van der Waals surface area contributed by atoms with E-state index in [0.29, 0.717) is 11.3 Å². The lowest BCUT2D eigenvalue weighted by Gasteiger charge is -2.06. The molecule has 0 spiro atoms. The van der Waals surface area contributed by atoms with Crippen LogP contribution in [-0.4, -0.2) is 22.0 Å². The van der Waals surface area contributed by atoms with Crippen LogP contribution in [0.1, 0.15) is 15.9 Å². The van der Waals surface area contributed by atoms with Gasteiger partial charge in [-0.05, 0) is 35.9 Å². The lowest BCUT2D eigenvalue weighted by atomic mass is 10.1. The number of hydrogen-bond donors (Lipinski definition) is 2. The molecule has 1 heterocycles. The molecule has 0 unspecified atom stereocenters. The maximum absolute atomic E-state index is 13.9. The minimum Gasteiger partial charge on any atom is -0.478 e. The van der Waals surface area contributed by atoms with E-state index in [1.54, 1.807) is 18.3 Å². The van der Waals surface area contributed by atoms with Gasteiger partial charge in [0.25, 0.3) is 5.91 Å². The van der Waals surface area contributed by atoms with Crippen molar-refractivity contribution in [3.05, 3.63) is 65.7 Å². The molecule has 2 rings (SSSR count). The van der Waals surface area contributed by atoms with Crippen LogP contribution in [0.2, 0.25) is 0 Å². The first-order chi connectivity index (χ1) is 10.1. The number of carboxylic acid groups (broad SMARTS) is 1. The van der Waals surface area contributed by atoms with E-state index in [0.717, 1.165) is 12.1 Å². The van der Waals surface area contributed by atoms with Crippen LogP contribution in [0.15, 0.2) is 48.8 Å². The van der Waals surface area contributed by atoms with Crippen molar-refractivity contribution in [2.24, 2.45) is 0 Å². The van der Waals surface area contributed by atoms with Crippen LogP contribution in [0, 0.1) is 5.82 Å². The standard InChI is InChI=1S/C15H11FN2O3/c16-13-8-10(4-6-14(19)20)3-5-12(13)15(21)18-11-2-1-7-17-9-11/h1-9H,(H,18,21)(H,19,20). The molecule has 5 nitrogen and oxygen atoms in total. The third-order valence-corrected chi connectivity index (χ3v) is 2.58. The molecule has 1 aromatic carbocycles. The number of halogens is 1. The summed E-state index contributed by atoms with van der Waals surface area (Å²) in [4.78, 5) is 26.1. The van der Waals surface area contributed by atoms with Gasteiger partial charge in [-0.3, -0.25) is 9.78 Å². The van der Waals surface area contributed by atoms with Gasteiger partial charge in [-0.25, -0.2) is 9.18 Å². The molecule has 0 saturated carbocycles. The molecule has 2 N–H and O–H groups in total. The predicted octanol–water partition coefficient (Wildman–Crippen LogP) is 2.57. The number of anilines is 1. The zero-order valence-electron chi connectivity index (χ0n) is 10.8. The zero-order chi connectivity index (χ0) is 15.2. The fraction of sp³-hybridized carbons (Fsp3) is 0. The first-order valence-electron chi connectivity index (χ1n) is 5.98. The normalized spacial score (nSPS) is 10.5. The van der Waals surface area contributed by atoms with Crippen molar-refractivity contribution in [3.8, 4) is 0 Å². The minimum atomic E-state index is -1.13. The fourth-order valence-electron chi connectivity index (χ4n) is 1.62. The highest BCUT2D eigenvalue weighted by atomic mass is 19.1. The summed E-state index contributed by atoms with van der Waals surface area (Å²) in [6, 6.07) is 7.12. The molecule has 0 bridgehead atoms. The van der Waals surface area contributed by atoms with Gasteiger partial charge in [0.05, 0.1) is 17.4 Å². The van der Waals surface area contributed by atoms with Crippen LogP contribution >= 0.6 is 0 Å². The largest absolute Gasteiger partial charge is 0.478 e. The number of aliphatic carboxylic acids is 1. The number of carbonyl (C=O) groups excluding carboxylic acids is 1. The van der Waals surface area contributed by atoms with E-state index >= 15 is 0 Å². The first kappa shape index (κ1) is 14.4. The Hall–Kier alpha value is -3.02. The van der Waals surface area contributed by atoms with Crippen molar-refractivity contribution < 1.29 is 19.1 Å². The molecule has 0 aliphatic heterocycles. The van der Waals surface area contributed by atoms with Gasteiger partial charge in [-0.1, -0.05) is 6.07 Å². The molecule has 0 aliphatic carbocycles. The summed E-state index contributed by atoms with van der Waals surface area (Å²) < 4.78 is 13.9. The van der Waals surface area contributed by atoms with Crippen LogP contribution in [-0.2, 0) is 4.79 Å². The lowest BCUT2D eigenvalue weighted by Crippen LogP contribution is -2.13. The van der Waals surface area contributed by atoms with E-state index in [1.165, 1.54) is 24.4 Å². The zero-order valence-corrected chi connectivity index (χ0v) is 10.8. The summed E-state index contributed by atoms with van der Waals surface area (Å²) in [6.07, 6.45) is 5.14. The number of nitrogens with one attached hydrogen (secondary N) is 1. The SMILES string of the molecule is O=C(O)C=Cc1ccc(C(=O)Nc2cccnc2)c(F)c1. The Morgan fingerprint density at radius 1 is 1.29 bits per heavy atom. The summed E-state index contributed by atoms with van der Waals surface area (Å²) >= 11 is 0. The number of amides is 1. The van der Waals surface area contributed by atoms with Crippen molar-refractivity contribution in [2.45, 2.75) is 0 Å². The number of hydrogen-bond acceptors (Lipinski definition) is 3. The van der Waals surface area contributed by atoms with E-state index in [2.05, 4.69) is 10.3 Å². The molecule has 0 aliphatic rings. The number of rotatable bonds is 4. The third-order valence-electron chi connectivity index (χ3n) is 2.58. The van der Waals surface area contributed by atoms with Crippen LogP contribution in [0.5, 0.6) is 0 Å². The van der Waals surface area contributed by atoms with Gasteiger partial charge >= 0.3 is 5.97 Å². The maximum Gasteiger partial charge on any atom is 0.328 e. The Labute approximate surface area is 119 Å². The number of aromatic nitrogens is 1. The third kappa shape index (κ3) is 3.97. The van der Waals surface area contributed by atoms with Gasteiger partial charge in [0.15, 0.2) is 0 Å². The summed E-state index contributed by atoms with van der Waals surface area (Å²) in [5.74, 6) is -2.47. The molecule has 0 atom stereocenters. The minimum absolute atomic E-state index is 0.133. The van der Waals surface area contributed by atoms with Crippen molar-refractivity contribution >= 4 is 23.6 Å². The second-order valence-corrected chi connectivity index (χ2v) is 4.11. The quantitative estimate of drug-likeness (QED) is 0.847. The number of carboxylic acids is 1. The molecule has 0 saturated heterocycles. The topological polar surface area (TPSA) is 79.3 Å². The van der Waals surface area contributed by atoms with Gasteiger partial charge in [0.1, 0.15) is 5.82 Å². The first-order valence-corrected chi connectivity index (χ1v) is 5.98.